The summed E-state index contributed by atoms with van der Waals surface area (Å²) in [7, 11) is 0. The van der Waals surface area contributed by atoms with Crippen LogP contribution in [0.3, 0.4) is 0 Å². The molecule has 4 aromatic rings. The van der Waals surface area contributed by atoms with Crippen LogP contribution in [0, 0.1) is 11.8 Å². The Balaban J connectivity index is 1.85. The molecular formula is C29H37N3. The number of aromatic nitrogens is 3. The maximum Gasteiger partial charge on any atom is 0.148 e. The molecule has 2 aromatic carbocycles. The lowest BCUT2D eigenvalue weighted by atomic mass is 9.75. The Morgan fingerprint density at radius 3 is 2.47 bits per heavy atom. The van der Waals surface area contributed by atoms with Gasteiger partial charge in [-0.05, 0) is 78.8 Å². The fourth-order valence-electron chi connectivity index (χ4n) is 5.94. The highest BCUT2D eigenvalue weighted by atomic mass is 15.1. The summed E-state index contributed by atoms with van der Waals surface area (Å²) in [5, 5.41) is 1.13. The summed E-state index contributed by atoms with van der Waals surface area (Å²) in [5.74, 6) is 3.27. The van der Waals surface area contributed by atoms with Crippen LogP contribution in [-0.2, 0) is 11.8 Å². The SMILES string of the molecule is CCC1CC(C)Cc2cc3nc4c5ccccc5nc(C(C)(C)C)n4c3cc2C(CC)C1. The molecule has 0 amide bonds. The van der Waals surface area contributed by atoms with E-state index in [1.165, 1.54) is 36.8 Å². The second kappa shape index (κ2) is 7.86. The quantitative estimate of drug-likeness (QED) is 0.326. The minimum Gasteiger partial charge on any atom is -0.279 e. The number of benzene rings is 2. The van der Waals surface area contributed by atoms with E-state index in [0.29, 0.717) is 5.92 Å². The third-order valence-electron chi connectivity index (χ3n) is 7.60. The van der Waals surface area contributed by atoms with Crippen molar-refractivity contribution in [3.63, 3.8) is 0 Å². The van der Waals surface area contributed by atoms with Crippen molar-refractivity contribution in [3.8, 4) is 0 Å². The minimum absolute atomic E-state index is 0.0772. The van der Waals surface area contributed by atoms with Gasteiger partial charge in [0, 0.05) is 10.8 Å². The number of fused-ring (bicyclic) bond motifs is 6. The molecule has 0 spiro atoms. The Morgan fingerprint density at radius 1 is 0.969 bits per heavy atom. The van der Waals surface area contributed by atoms with Gasteiger partial charge in [0.15, 0.2) is 0 Å². The monoisotopic (exact) mass is 427 g/mol. The highest BCUT2D eigenvalue weighted by Crippen LogP contribution is 2.40. The highest BCUT2D eigenvalue weighted by molar-refractivity contribution is 5.96. The summed E-state index contributed by atoms with van der Waals surface area (Å²) in [6.07, 6.45) is 6.31. The molecule has 32 heavy (non-hydrogen) atoms. The van der Waals surface area contributed by atoms with Crippen molar-refractivity contribution >= 4 is 27.6 Å². The van der Waals surface area contributed by atoms with Gasteiger partial charge in [-0.2, -0.15) is 0 Å². The lowest BCUT2D eigenvalue weighted by molar-refractivity contribution is 0.320. The van der Waals surface area contributed by atoms with Crippen molar-refractivity contribution in [3.05, 3.63) is 53.3 Å². The van der Waals surface area contributed by atoms with Gasteiger partial charge in [0.1, 0.15) is 11.5 Å². The molecule has 0 saturated heterocycles. The van der Waals surface area contributed by atoms with E-state index in [1.807, 2.05) is 0 Å². The van der Waals surface area contributed by atoms with E-state index in [4.69, 9.17) is 9.97 Å². The smallest absolute Gasteiger partial charge is 0.148 e. The Kier molecular flexibility index (Phi) is 5.27. The summed E-state index contributed by atoms with van der Waals surface area (Å²) in [6, 6.07) is 13.3. The number of nitrogens with zero attached hydrogens (tertiary/aromatic N) is 3. The molecule has 0 radical (unpaired) electrons. The lowest BCUT2D eigenvalue weighted by Gasteiger charge is -2.30. The fraction of sp³-hybridized carbons (Fsp3) is 0.517. The summed E-state index contributed by atoms with van der Waals surface area (Å²) >= 11 is 0. The molecule has 0 aliphatic heterocycles. The Morgan fingerprint density at radius 2 is 1.75 bits per heavy atom. The number of hydrogen-bond donors (Lipinski definition) is 0. The predicted molar refractivity (Wildman–Crippen MR) is 136 cm³/mol. The first-order chi connectivity index (χ1) is 15.3. The van der Waals surface area contributed by atoms with Crippen LogP contribution in [0.5, 0.6) is 0 Å². The molecule has 168 valence electrons. The molecule has 1 aliphatic rings. The van der Waals surface area contributed by atoms with Crippen molar-refractivity contribution in [2.45, 2.75) is 85.0 Å². The van der Waals surface area contributed by atoms with E-state index < -0.39 is 0 Å². The van der Waals surface area contributed by atoms with Crippen molar-refractivity contribution in [1.29, 1.82) is 0 Å². The molecular weight excluding hydrogens is 390 g/mol. The van der Waals surface area contributed by atoms with Gasteiger partial charge in [0.05, 0.1) is 16.6 Å². The molecule has 0 saturated carbocycles. The van der Waals surface area contributed by atoms with Gasteiger partial charge < -0.3 is 0 Å². The third kappa shape index (κ3) is 3.50. The number of rotatable bonds is 2. The average molecular weight is 428 g/mol. The summed E-state index contributed by atoms with van der Waals surface area (Å²) in [4.78, 5) is 10.4. The molecule has 2 heterocycles. The van der Waals surface area contributed by atoms with Gasteiger partial charge in [-0.15, -0.1) is 0 Å². The van der Waals surface area contributed by atoms with E-state index in [0.717, 1.165) is 46.1 Å². The number of para-hydroxylation sites is 1. The molecule has 0 bridgehead atoms. The van der Waals surface area contributed by atoms with Gasteiger partial charge >= 0.3 is 0 Å². The second-order valence-corrected chi connectivity index (χ2v) is 11.2. The van der Waals surface area contributed by atoms with Crippen LogP contribution in [0.25, 0.3) is 27.6 Å². The van der Waals surface area contributed by atoms with Crippen LogP contribution in [0.15, 0.2) is 36.4 Å². The first-order valence-electron chi connectivity index (χ1n) is 12.5. The first-order valence-corrected chi connectivity index (χ1v) is 12.5. The molecule has 3 atom stereocenters. The van der Waals surface area contributed by atoms with Crippen molar-refractivity contribution in [2.75, 3.05) is 0 Å². The van der Waals surface area contributed by atoms with Crippen LogP contribution in [-0.4, -0.2) is 14.4 Å². The molecule has 3 unspecified atom stereocenters. The predicted octanol–water partition coefficient (Wildman–Crippen LogP) is 7.83. The zero-order valence-corrected chi connectivity index (χ0v) is 20.6. The third-order valence-corrected chi connectivity index (χ3v) is 7.60. The standard InChI is InChI=1S/C29H37N3/c1-7-19-13-18(3)14-21-16-25-26(17-23(21)20(8-2)15-19)32-27(30-25)22-11-9-10-12-24(22)31-28(32)29(4,5)6/h9-12,16-20H,7-8,13-15H2,1-6H3. The maximum absolute atomic E-state index is 5.21. The molecule has 3 heteroatoms. The normalized spacial score (nSPS) is 22.2. The summed E-state index contributed by atoms with van der Waals surface area (Å²) < 4.78 is 2.35. The van der Waals surface area contributed by atoms with E-state index >= 15 is 0 Å². The van der Waals surface area contributed by atoms with Crippen molar-refractivity contribution < 1.29 is 0 Å². The van der Waals surface area contributed by atoms with Gasteiger partial charge in [-0.25, -0.2) is 9.97 Å². The Labute approximate surface area is 192 Å². The van der Waals surface area contributed by atoms with E-state index in [2.05, 4.69) is 82.3 Å². The lowest BCUT2D eigenvalue weighted by Crippen LogP contribution is -2.19. The zero-order chi connectivity index (χ0) is 22.6. The Bertz CT molecular complexity index is 1290. The highest BCUT2D eigenvalue weighted by Gasteiger charge is 2.27. The van der Waals surface area contributed by atoms with Crippen LogP contribution in [0.1, 0.15) is 90.1 Å². The van der Waals surface area contributed by atoms with E-state index in [9.17, 15) is 0 Å². The van der Waals surface area contributed by atoms with Gasteiger partial charge in [0.25, 0.3) is 0 Å². The first kappa shape index (κ1) is 21.4. The van der Waals surface area contributed by atoms with Gasteiger partial charge in [0.2, 0.25) is 0 Å². The fourth-order valence-corrected chi connectivity index (χ4v) is 5.94. The van der Waals surface area contributed by atoms with Crippen LogP contribution in [0.4, 0.5) is 0 Å². The molecule has 5 rings (SSSR count). The van der Waals surface area contributed by atoms with Crippen molar-refractivity contribution in [2.24, 2.45) is 11.8 Å². The topological polar surface area (TPSA) is 30.2 Å². The number of hydrogen-bond acceptors (Lipinski definition) is 2. The molecule has 2 aromatic heterocycles. The average Bonchev–Trinajstić information content (AvgIpc) is 3.12. The van der Waals surface area contributed by atoms with Gasteiger partial charge in [-0.1, -0.05) is 60.1 Å². The van der Waals surface area contributed by atoms with Crippen LogP contribution < -0.4 is 0 Å². The van der Waals surface area contributed by atoms with Crippen molar-refractivity contribution in [1.82, 2.24) is 14.4 Å². The minimum atomic E-state index is -0.0772. The molecule has 0 fully saturated rings. The van der Waals surface area contributed by atoms with E-state index in [-0.39, 0.29) is 5.41 Å². The summed E-state index contributed by atoms with van der Waals surface area (Å²) in [5.41, 5.74) is 7.41. The van der Waals surface area contributed by atoms with E-state index in [1.54, 1.807) is 5.56 Å². The van der Waals surface area contributed by atoms with Crippen LogP contribution in [0.2, 0.25) is 0 Å². The second-order valence-electron chi connectivity index (χ2n) is 11.2. The van der Waals surface area contributed by atoms with Gasteiger partial charge in [-0.3, -0.25) is 4.40 Å². The largest absolute Gasteiger partial charge is 0.279 e. The van der Waals surface area contributed by atoms with Crippen LogP contribution >= 0.6 is 0 Å². The maximum atomic E-state index is 5.21. The number of imidazole rings is 1. The molecule has 3 nitrogen and oxygen atoms in total. The summed E-state index contributed by atoms with van der Waals surface area (Å²) in [6.45, 7) is 13.9. The molecule has 1 aliphatic carbocycles. The molecule has 0 N–H and O–H groups in total. The zero-order valence-electron chi connectivity index (χ0n) is 20.6. The Hall–Kier alpha value is -2.42.